The molecule has 0 bridgehead atoms. The molecule has 4 rings (SSSR count). The van der Waals surface area contributed by atoms with Gasteiger partial charge >= 0.3 is 5.97 Å². The molecule has 7 heteroatoms. The molecule has 0 fully saturated rings. The number of pyridine rings is 1. The van der Waals surface area contributed by atoms with E-state index in [1.807, 2.05) is 0 Å². The monoisotopic (exact) mass is 412 g/mol. The number of dihydropyridines is 1. The Hall–Kier alpha value is -2.99. The van der Waals surface area contributed by atoms with Gasteiger partial charge in [0.1, 0.15) is 12.4 Å². The second-order valence-corrected chi connectivity index (χ2v) is 7.40. The summed E-state index contributed by atoms with van der Waals surface area (Å²) in [5, 5.41) is 3.08. The largest absolute Gasteiger partial charge is 0.457 e. The van der Waals surface area contributed by atoms with Crippen LogP contribution in [0.15, 0.2) is 65.3 Å². The molecule has 2 aromatic rings. The Morgan fingerprint density at radius 3 is 2.90 bits per heavy atom. The van der Waals surface area contributed by atoms with E-state index in [-0.39, 0.29) is 28.5 Å². The summed E-state index contributed by atoms with van der Waals surface area (Å²) in [7, 11) is 0. The molecule has 29 heavy (non-hydrogen) atoms. The van der Waals surface area contributed by atoms with Gasteiger partial charge in [0.2, 0.25) is 0 Å². The maximum Gasteiger partial charge on any atom is 0.337 e. The van der Waals surface area contributed by atoms with Crippen LogP contribution in [0.5, 0.6) is 0 Å². The van der Waals surface area contributed by atoms with Gasteiger partial charge in [-0.15, -0.1) is 0 Å². The van der Waals surface area contributed by atoms with E-state index in [0.29, 0.717) is 24.1 Å². The van der Waals surface area contributed by atoms with Crippen LogP contribution in [0.1, 0.15) is 36.8 Å². The first-order chi connectivity index (χ1) is 14.0. The fourth-order valence-electron chi connectivity index (χ4n) is 3.83. The number of ether oxygens (including phenoxy) is 1. The van der Waals surface area contributed by atoms with Crippen molar-refractivity contribution in [3.63, 3.8) is 0 Å². The smallest absolute Gasteiger partial charge is 0.337 e. The summed E-state index contributed by atoms with van der Waals surface area (Å²) in [4.78, 5) is 29.6. The number of allylic oxidation sites excluding steroid dienone is 3. The number of aromatic nitrogens is 1. The Morgan fingerprint density at radius 1 is 1.31 bits per heavy atom. The summed E-state index contributed by atoms with van der Waals surface area (Å²) in [6, 6.07) is 8.12. The minimum atomic E-state index is -0.860. The molecular formula is C22H18ClFN2O3. The second-order valence-electron chi connectivity index (χ2n) is 6.99. The van der Waals surface area contributed by atoms with E-state index >= 15 is 0 Å². The van der Waals surface area contributed by atoms with Crippen molar-refractivity contribution in [1.29, 1.82) is 0 Å². The number of carbonyl (C=O) groups excluding carboxylic acids is 2. The van der Waals surface area contributed by atoms with Crippen LogP contribution in [0.4, 0.5) is 4.39 Å². The Labute approximate surface area is 172 Å². The lowest BCUT2D eigenvalue weighted by Gasteiger charge is -2.29. The van der Waals surface area contributed by atoms with Crippen molar-refractivity contribution in [2.24, 2.45) is 0 Å². The first-order valence-corrected chi connectivity index (χ1v) is 9.59. The van der Waals surface area contributed by atoms with Gasteiger partial charge in [0.05, 0.1) is 16.5 Å². The van der Waals surface area contributed by atoms with Gasteiger partial charge in [-0.05, 0) is 25.5 Å². The fraction of sp³-hybridized carbons (Fsp3) is 0.227. The molecule has 0 amide bonds. The molecule has 5 nitrogen and oxygen atoms in total. The van der Waals surface area contributed by atoms with E-state index in [4.69, 9.17) is 16.3 Å². The molecule has 2 heterocycles. The highest BCUT2D eigenvalue weighted by molar-refractivity contribution is 6.30. The highest BCUT2D eigenvalue weighted by Crippen LogP contribution is 2.44. The van der Waals surface area contributed by atoms with Gasteiger partial charge in [-0.2, -0.15) is 0 Å². The summed E-state index contributed by atoms with van der Waals surface area (Å²) >= 11 is 5.99. The normalized spacial score (nSPS) is 18.6. The summed E-state index contributed by atoms with van der Waals surface area (Å²) in [5.74, 6) is -2.23. The molecule has 1 aromatic carbocycles. The fourth-order valence-corrected chi connectivity index (χ4v) is 4.01. The maximum atomic E-state index is 14.9. The Morgan fingerprint density at radius 2 is 2.14 bits per heavy atom. The van der Waals surface area contributed by atoms with Crippen LogP contribution in [-0.2, 0) is 20.9 Å². The zero-order valence-electron chi connectivity index (χ0n) is 15.7. The van der Waals surface area contributed by atoms with Gasteiger partial charge < -0.3 is 10.1 Å². The van der Waals surface area contributed by atoms with Crippen molar-refractivity contribution in [3.05, 3.63) is 87.2 Å². The molecule has 0 spiro atoms. The summed E-state index contributed by atoms with van der Waals surface area (Å²) < 4.78 is 20.4. The van der Waals surface area contributed by atoms with Crippen molar-refractivity contribution in [2.45, 2.75) is 32.3 Å². The van der Waals surface area contributed by atoms with E-state index in [0.717, 1.165) is 11.3 Å². The minimum absolute atomic E-state index is 0.0219. The Bertz CT molecular complexity index is 1060. The number of ketones is 1. The summed E-state index contributed by atoms with van der Waals surface area (Å²) in [6.07, 6.45) is 4.08. The third kappa shape index (κ3) is 3.56. The molecule has 1 atom stereocenters. The van der Waals surface area contributed by atoms with Crippen LogP contribution in [0, 0.1) is 5.82 Å². The third-order valence-corrected chi connectivity index (χ3v) is 5.44. The van der Waals surface area contributed by atoms with Gasteiger partial charge in [-0.1, -0.05) is 29.8 Å². The van der Waals surface area contributed by atoms with Crippen molar-refractivity contribution < 1.29 is 18.7 Å². The molecule has 1 N–H and O–H groups in total. The number of esters is 1. The molecule has 1 unspecified atom stereocenters. The highest BCUT2D eigenvalue weighted by atomic mass is 35.5. The number of carbonyl (C=O) groups is 2. The first-order valence-electron chi connectivity index (χ1n) is 9.21. The van der Waals surface area contributed by atoms with Crippen molar-refractivity contribution >= 4 is 23.4 Å². The number of rotatable bonds is 4. The van der Waals surface area contributed by atoms with E-state index in [9.17, 15) is 14.0 Å². The standard InChI is InChI=1S/C22H18ClFN2O3/c1-12-18(22(28)29-11-13-4-3-9-25-10-13)19(14-5-2-6-15(23)21(14)24)20-16(26-12)7-8-17(20)27/h2-6,9-10,19,26H,7-8,11H2,1H3. The topological polar surface area (TPSA) is 68.3 Å². The molecule has 0 saturated heterocycles. The number of benzene rings is 1. The number of nitrogens with one attached hydrogen (secondary N) is 1. The van der Waals surface area contributed by atoms with Crippen molar-refractivity contribution in [2.75, 3.05) is 0 Å². The number of hydrogen-bond donors (Lipinski definition) is 1. The number of nitrogens with zero attached hydrogens (tertiary/aromatic N) is 1. The van der Waals surface area contributed by atoms with Crippen molar-refractivity contribution in [1.82, 2.24) is 10.3 Å². The van der Waals surface area contributed by atoms with E-state index in [1.54, 1.807) is 43.6 Å². The molecule has 2 aliphatic rings. The van der Waals surface area contributed by atoms with Gasteiger partial charge in [0.15, 0.2) is 5.78 Å². The minimum Gasteiger partial charge on any atom is -0.457 e. The molecule has 1 aliphatic heterocycles. The first kappa shape index (κ1) is 19.3. The molecule has 148 valence electrons. The highest BCUT2D eigenvalue weighted by Gasteiger charge is 2.41. The van der Waals surface area contributed by atoms with E-state index < -0.39 is 17.7 Å². The predicted molar refractivity (Wildman–Crippen MR) is 105 cm³/mol. The SMILES string of the molecule is CC1=C(C(=O)OCc2cccnc2)C(c2cccc(Cl)c2F)C2=C(CCC2=O)N1. The molecular weight excluding hydrogens is 395 g/mol. The average Bonchev–Trinajstić information content (AvgIpc) is 3.08. The van der Waals surface area contributed by atoms with Gasteiger partial charge in [-0.3, -0.25) is 9.78 Å². The van der Waals surface area contributed by atoms with Crippen molar-refractivity contribution in [3.8, 4) is 0 Å². The number of hydrogen-bond acceptors (Lipinski definition) is 5. The molecule has 1 aliphatic carbocycles. The predicted octanol–water partition coefficient (Wildman–Crippen LogP) is 4.20. The Balaban J connectivity index is 1.74. The zero-order valence-corrected chi connectivity index (χ0v) is 16.4. The Kier molecular flexibility index (Phi) is 5.20. The average molecular weight is 413 g/mol. The van der Waals surface area contributed by atoms with Crippen LogP contribution < -0.4 is 5.32 Å². The molecule has 1 aromatic heterocycles. The lowest BCUT2D eigenvalue weighted by Crippen LogP contribution is -2.30. The van der Waals surface area contributed by atoms with Gasteiger partial charge in [0, 0.05) is 46.9 Å². The third-order valence-electron chi connectivity index (χ3n) is 5.15. The second kappa shape index (κ2) is 7.79. The van der Waals surface area contributed by atoms with Crippen LogP contribution in [0.2, 0.25) is 5.02 Å². The number of halogens is 2. The van der Waals surface area contributed by atoms with Crippen LogP contribution in [0.25, 0.3) is 0 Å². The van der Waals surface area contributed by atoms with E-state index in [2.05, 4.69) is 10.3 Å². The maximum absolute atomic E-state index is 14.9. The lowest BCUT2D eigenvalue weighted by atomic mass is 9.80. The summed E-state index contributed by atoms with van der Waals surface area (Å²) in [5.41, 5.74) is 2.80. The number of Topliss-reactive ketones (excluding diaryl/α,β-unsaturated/α-hetero) is 1. The zero-order chi connectivity index (χ0) is 20.5. The summed E-state index contributed by atoms with van der Waals surface area (Å²) in [6.45, 7) is 1.75. The van der Waals surface area contributed by atoms with Gasteiger partial charge in [-0.25, -0.2) is 9.18 Å². The quantitative estimate of drug-likeness (QED) is 0.762. The lowest BCUT2D eigenvalue weighted by molar-refractivity contribution is -0.140. The van der Waals surface area contributed by atoms with E-state index in [1.165, 1.54) is 6.07 Å². The van der Waals surface area contributed by atoms with Crippen LogP contribution in [0.3, 0.4) is 0 Å². The molecule has 0 saturated carbocycles. The van der Waals surface area contributed by atoms with Crippen LogP contribution in [-0.4, -0.2) is 16.7 Å². The molecule has 0 radical (unpaired) electrons. The van der Waals surface area contributed by atoms with Gasteiger partial charge in [0.25, 0.3) is 0 Å². The van der Waals surface area contributed by atoms with Crippen LogP contribution >= 0.6 is 11.6 Å².